The zero-order valence-corrected chi connectivity index (χ0v) is 7.39. The highest BCUT2D eigenvalue weighted by Gasteiger charge is 2.47. The van der Waals surface area contributed by atoms with Gasteiger partial charge in [-0.1, -0.05) is 0 Å². The lowest BCUT2D eigenvalue weighted by atomic mass is 10.0. The number of hydrogen-bond donors (Lipinski definition) is 4. The highest BCUT2D eigenvalue weighted by atomic mass is 16.4. The third-order valence-corrected chi connectivity index (χ3v) is 1.70. The van der Waals surface area contributed by atoms with Crippen LogP contribution in [0.3, 0.4) is 0 Å². The quantitative estimate of drug-likeness (QED) is 0.343. The number of carbonyl (C=O) groups excluding carboxylic acids is 2. The SMILES string of the molecule is CN(C)C(O)(C(N)=O)C(O)C(N)=O. The molecule has 6 N–H and O–H groups in total. The van der Waals surface area contributed by atoms with E-state index in [0.717, 1.165) is 4.90 Å². The maximum Gasteiger partial charge on any atom is 0.268 e. The molecule has 0 aliphatic carbocycles. The molecule has 0 aromatic rings. The molecule has 0 saturated carbocycles. The Hall–Kier alpha value is -1.18. The predicted molar refractivity (Wildman–Crippen MR) is 43.0 cm³/mol. The van der Waals surface area contributed by atoms with Gasteiger partial charge < -0.3 is 21.7 Å². The van der Waals surface area contributed by atoms with Crippen LogP contribution in [0.1, 0.15) is 0 Å². The number of carbonyl (C=O) groups is 2. The van der Waals surface area contributed by atoms with Gasteiger partial charge in [0, 0.05) is 0 Å². The summed E-state index contributed by atoms with van der Waals surface area (Å²) in [5.74, 6) is -2.47. The van der Waals surface area contributed by atoms with Crippen LogP contribution in [0.5, 0.6) is 0 Å². The van der Waals surface area contributed by atoms with Crippen LogP contribution in [0.4, 0.5) is 0 Å². The van der Waals surface area contributed by atoms with Crippen LogP contribution in [0.15, 0.2) is 0 Å². The number of nitrogens with zero attached hydrogens (tertiary/aromatic N) is 1. The van der Waals surface area contributed by atoms with Crippen molar-refractivity contribution in [3.8, 4) is 0 Å². The van der Waals surface area contributed by atoms with Gasteiger partial charge in [0.25, 0.3) is 11.8 Å². The molecule has 13 heavy (non-hydrogen) atoms. The Morgan fingerprint density at radius 1 is 1.38 bits per heavy atom. The minimum absolute atomic E-state index is 0.908. The summed E-state index contributed by atoms with van der Waals surface area (Å²) in [6.45, 7) is 0. The fraction of sp³-hybridized carbons (Fsp3) is 0.667. The number of primary amides is 2. The first-order valence-corrected chi connectivity index (χ1v) is 3.41. The monoisotopic (exact) mass is 191 g/mol. The number of rotatable bonds is 4. The standard InChI is InChI=1S/C6H13N3O4/c1-9(2)6(13,5(8)12)3(10)4(7)11/h3,10,13H,1-2H3,(H2,7,11)(H2,8,12). The molecule has 0 aromatic carbocycles. The van der Waals surface area contributed by atoms with Gasteiger partial charge in [0.15, 0.2) is 6.10 Å². The van der Waals surface area contributed by atoms with Crippen molar-refractivity contribution in [1.82, 2.24) is 4.90 Å². The molecule has 2 unspecified atom stereocenters. The first-order chi connectivity index (χ1) is 5.74. The summed E-state index contributed by atoms with van der Waals surface area (Å²) in [6.07, 6.45) is -2.06. The number of hydrogen-bond acceptors (Lipinski definition) is 5. The first kappa shape index (κ1) is 11.8. The van der Waals surface area contributed by atoms with Gasteiger partial charge in [-0.05, 0) is 14.1 Å². The van der Waals surface area contributed by atoms with Crippen molar-refractivity contribution in [2.45, 2.75) is 11.8 Å². The van der Waals surface area contributed by atoms with E-state index >= 15 is 0 Å². The molecular formula is C6H13N3O4. The lowest BCUT2D eigenvalue weighted by Gasteiger charge is -2.33. The van der Waals surface area contributed by atoms with E-state index in [-0.39, 0.29) is 0 Å². The van der Waals surface area contributed by atoms with Crippen molar-refractivity contribution in [2.75, 3.05) is 14.1 Å². The summed E-state index contributed by atoms with van der Waals surface area (Å²) in [4.78, 5) is 22.2. The van der Waals surface area contributed by atoms with Gasteiger partial charge in [-0.25, -0.2) is 0 Å². The Kier molecular flexibility index (Phi) is 3.35. The van der Waals surface area contributed by atoms with Crippen molar-refractivity contribution < 1.29 is 19.8 Å². The molecule has 7 heteroatoms. The second-order valence-corrected chi connectivity index (χ2v) is 2.79. The highest BCUT2D eigenvalue weighted by molar-refractivity contribution is 5.92. The molecule has 0 radical (unpaired) electrons. The maximum atomic E-state index is 10.8. The van der Waals surface area contributed by atoms with Crippen LogP contribution in [-0.2, 0) is 9.59 Å². The van der Waals surface area contributed by atoms with E-state index in [1.165, 1.54) is 14.1 Å². The van der Waals surface area contributed by atoms with E-state index in [4.69, 9.17) is 16.6 Å². The number of aliphatic hydroxyl groups is 2. The lowest BCUT2D eigenvalue weighted by molar-refractivity contribution is -0.184. The number of amides is 2. The molecule has 0 heterocycles. The maximum absolute atomic E-state index is 10.8. The number of aliphatic hydroxyl groups excluding tert-OH is 1. The number of likely N-dealkylation sites (N-methyl/N-ethyl adjacent to an activating group) is 1. The van der Waals surface area contributed by atoms with Gasteiger partial charge in [-0.15, -0.1) is 0 Å². The zero-order chi connectivity index (χ0) is 10.8. The third-order valence-electron chi connectivity index (χ3n) is 1.70. The summed E-state index contributed by atoms with van der Waals surface area (Å²) < 4.78 is 0. The van der Waals surface area contributed by atoms with Gasteiger partial charge in [-0.2, -0.15) is 0 Å². The van der Waals surface area contributed by atoms with Crippen molar-refractivity contribution in [3.05, 3.63) is 0 Å². The molecule has 0 aromatic heterocycles. The van der Waals surface area contributed by atoms with E-state index in [1.807, 2.05) is 0 Å². The molecular weight excluding hydrogens is 178 g/mol. The van der Waals surface area contributed by atoms with Crippen LogP contribution in [0.25, 0.3) is 0 Å². The lowest BCUT2D eigenvalue weighted by Crippen LogP contribution is -2.65. The smallest absolute Gasteiger partial charge is 0.268 e. The average molecular weight is 191 g/mol. The molecule has 0 bridgehead atoms. The average Bonchev–Trinajstić information content (AvgIpc) is 2.00. The first-order valence-electron chi connectivity index (χ1n) is 3.41. The summed E-state index contributed by atoms with van der Waals surface area (Å²) in [7, 11) is 2.55. The van der Waals surface area contributed by atoms with Crippen LogP contribution >= 0.6 is 0 Å². The fourth-order valence-electron chi connectivity index (χ4n) is 0.798. The van der Waals surface area contributed by atoms with Crippen molar-refractivity contribution in [2.24, 2.45) is 11.5 Å². The summed E-state index contributed by atoms with van der Waals surface area (Å²) in [5, 5.41) is 18.6. The molecule has 0 fully saturated rings. The summed E-state index contributed by atoms with van der Waals surface area (Å²) in [5.41, 5.74) is 7.06. The van der Waals surface area contributed by atoms with Crippen molar-refractivity contribution >= 4 is 11.8 Å². The Balaban J connectivity index is 5.01. The summed E-state index contributed by atoms with van der Waals surface area (Å²) in [6, 6.07) is 0. The highest BCUT2D eigenvalue weighted by Crippen LogP contribution is 2.12. The topological polar surface area (TPSA) is 130 Å². The van der Waals surface area contributed by atoms with Gasteiger partial charge in [0.2, 0.25) is 5.72 Å². The van der Waals surface area contributed by atoms with Gasteiger partial charge >= 0.3 is 0 Å². The molecule has 0 spiro atoms. The normalized spacial score (nSPS) is 17.9. The third kappa shape index (κ3) is 1.94. The Bertz CT molecular complexity index is 230. The summed E-state index contributed by atoms with van der Waals surface area (Å²) >= 11 is 0. The predicted octanol–water partition coefficient (Wildman–Crippen LogP) is -3.43. The van der Waals surface area contributed by atoms with Crippen LogP contribution in [0, 0.1) is 0 Å². The molecule has 2 amide bonds. The van der Waals surface area contributed by atoms with Gasteiger partial charge in [0.05, 0.1) is 0 Å². The zero-order valence-electron chi connectivity index (χ0n) is 7.39. The number of nitrogens with two attached hydrogens (primary N) is 2. The van der Waals surface area contributed by atoms with E-state index < -0.39 is 23.6 Å². The second kappa shape index (κ2) is 3.69. The van der Waals surface area contributed by atoms with Crippen LogP contribution < -0.4 is 11.5 Å². The Morgan fingerprint density at radius 3 is 1.85 bits per heavy atom. The van der Waals surface area contributed by atoms with Gasteiger partial charge in [0.1, 0.15) is 0 Å². The van der Waals surface area contributed by atoms with E-state index in [9.17, 15) is 14.7 Å². The van der Waals surface area contributed by atoms with Crippen LogP contribution in [-0.4, -0.2) is 52.9 Å². The molecule has 0 saturated heterocycles. The Morgan fingerprint density at radius 2 is 1.77 bits per heavy atom. The molecule has 7 nitrogen and oxygen atoms in total. The molecule has 76 valence electrons. The molecule has 0 aliphatic heterocycles. The van der Waals surface area contributed by atoms with E-state index in [1.54, 1.807) is 0 Å². The van der Waals surface area contributed by atoms with Crippen LogP contribution in [0.2, 0.25) is 0 Å². The van der Waals surface area contributed by atoms with Crippen molar-refractivity contribution in [3.63, 3.8) is 0 Å². The van der Waals surface area contributed by atoms with Gasteiger partial charge in [-0.3, -0.25) is 14.5 Å². The largest absolute Gasteiger partial charge is 0.379 e. The molecule has 0 aliphatic rings. The fourth-order valence-corrected chi connectivity index (χ4v) is 0.798. The molecule has 0 rings (SSSR count). The second-order valence-electron chi connectivity index (χ2n) is 2.79. The minimum Gasteiger partial charge on any atom is -0.379 e. The Labute approximate surface area is 74.9 Å². The molecule has 2 atom stereocenters. The van der Waals surface area contributed by atoms with E-state index in [2.05, 4.69) is 0 Å². The van der Waals surface area contributed by atoms with Crippen molar-refractivity contribution in [1.29, 1.82) is 0 Å². The van der Waals surface area contributed by atoms with E-state index in [0.29, 0.717) is 0 Å². The minimum atomic E-state index is -2.47.